The third kappa shape index (κ3) is 5.35. The molecule has 4 nitrogen and oxygen atoms in total. The van der Waals surface area contributed by atoms with Crippen molar-refractivity contribution in [2.45, 2.75) is 18.9 Å². The fourth-order valence-corrected chi connectivity index (χ4v) is 2.74. The molecule has 1 fully saturated rings. The fraction of sp³-hybridized carbons (Fsp3) is 0.294. The first-order valence-corrected chi connectivity index (χ1v) is 7.83. The summed E-state index contributed by atoms with van der Waals surface area (Å²) < 4.78 is 0. The molecule has 0 saturated carbocycles. The summed E-state index contributed by atoms with van der Waals surface area (Å²) in [5, 5.41) is 7.02. The molecular formula is C17H20Cl3N3O. The minimum atomic E-state index is -0.0861. The van der Waals surface area contributed by atoms with Crippen molar-refractivity contribution in [2.75, 3.05) is 13.1 Å². The largest absolute Gasteiger partial charge is 0.350 e. The van der Waals surface area contributed by atoms with Crippen LogP contribution in [0.25, 0.3) is 11.1 Å². The second-order valence-corrected chi connectivity index (χ2v) is 5.91. The molecule has 1 aromatic heterocycles. The molecule has 1 aromatic carbocycles. The lowest BCUT2D eigenvalue weighted by Gasteiger charge is -2.11. The van der Waals surface area contributed by atoms with E-state index in [1.807, 2.05) is 30.3 Å². The van der Waals surface area contributed by atoms with Crippen molar-refractivity contribution in [3.05, 3.63) is 53.3 Å². The van der Waals surface area contributed by atoms with Crippen LogP contribution in [0.4, 0.5) is 0 Å². The van der Waals surface area contributed by atoms with Crippen LogP contribution in [0.3, 0.4) is 0 Å². The lowest BCUT2D eigenvalue weighted by Crippen LogP contribution is -2.37. The molecule has 1 atom stereocenters. The fourth-order valence-electron chi connectivity index (χ4n) is 2.61. The molecule has 2 heterocycles. The molecule has 0 bridgehead atoms. The number of hydrogen-bond donors (Lipinski definition) is 2. The van der Waals surface area contributed by atoms with Crippen LogP contribution in [-0.4, -0.2) is 30.0 Å². The average Bonchev–Trinajstić information content (AvgIpc) is 3.07. The summed E-state index contributed by atoms with van der Waals surface area (Å²) in [7, 11) is 0. The van der Waals surface area contributed by atoms with E-state index in [4.69, 9.17) is 11.6 Å². The summed E-state index contributed by atoms with van der Waals surface area (Å²) in [6.07, 6.45) is 5.63. The van der Waals surface area contributed by atoms with E-state index in [-0.39, 0.29) is 30.7 Å². The van der Waals surface area contributed by atoms with Crippen molar-refractivity contribution < 1.29 is 4.79 Å². The maximum absolute atomic E-state index is 12.2. The number of benzene rings is 1. The van der Waals surface area contributed by atoms with Crippen molar-refractivity contribution in [2.24, 2.45) is 0 Å². The highest BCUT2D eigenvalue weighted by atomic mass is 35.5. The van der Waals surface area contributed by atoms with E-state index < -0.39 is 0 Å². The average molecular weight is 389 g/mol. The van der Waals surface area contributed by atoms with E-state index in [0.717, 1.165) is 24.1 Å². The third-order valence-corrected chi connectivity index (χ3v) is 4.10. The van der Waals surface area contributed by atoms with Gasteiger partial charge in [0.1, 0.15) is 0 Å². The van der Waals surface area contributed by atoms with Crippen molar-refractivity contribution in [1.29, 1.82) is 0 Å². The molecule has 1 amide bonds. The first-order valence-electron chi connectivity index (χ1n) is 7.45. The number of nitrogens with zero attached hydrogens (tertiary/aromatic N) is 1. The molecule has 2 N–H and O–H groups in total. The van der Waals surface area contributed by atoms with Gasteiger partial charge in [-0.1, -0.05) is 23.7 Å². The van der Waals surface area contributed by atoms with Crippen molar-refractivity contribution >= 4 is 42.3 Å². The Morgan fingerprint density at radius 3 is 2.62 bits per heavy atom. The standard InChI is InChI=1S/C17H18ClN3O.2ClH/c18-15-5-3-12(4-6-15)13-8-14(10-19-9-13)17(22)21-11-16-2-1-7-20-16;;/h3-6,8-10,16,20H,1-2,7,11H2,(H,21,22);2*1H. The smallest absolute Gasteiger partial charge is 0.252 e. The van der Waals surface area contributed by atoms with Gasteiger partial charge in [0, 0.05) is 35.6 Å². The molecule has 0 aliphatic carbocycles. The number of halogens is 3. The number of amides is 1. The van der Waals surface area contributed by atoms with E-state index in [1.54, 1.807) is 12.4 Å². The van der Waals surface area contributed by atoms with Gasteiger partial charge in [0.15, 0.2) is 0 Å². The zero-order chi connectivity index (χ0) is 15.4. The van der Waals surface area contributed by atoms with Crippen LogP contribution in [0.1, 0.15) is 23.2 Å². The molecule has 7 heteroatoms. The van der Waals surface area contributed by atoms with Gasteiger partial charge in [-0.25, -0.2) is 0 Å². The molecule has 130 valence electrons. The molecule has 1 unspecified atom stereocenters. The highest BCUT2D eigenvalue weighted by molar-refractivity contribution is 6.30. The van der Waals surface area contributed by atoms with Crippen LogP contribution in [0.2, 0.25) is 5.02 Å². The van der Waals surface area contributed by atoms with Gasteiger partial charge in [0.2, 0.25) is 0 Å². The van der Waals surface area contributed by atoms with Crippen LogP contribution in [0.5, 0.6) is 0 Å². The maximum Gasteiger partial charge on any atom is 0.252 e. The molecular weight excluding hydrogens is 369 g/mol. The Morgan fingerprint density at radius 1 is 1.21 bits per heavy atom. The number of hydrogen-bond acceptors (Lipinski definition) is 3. The molecule has 24 heavy (non-hydrogen) atoms. The van der Waals surface area contributed by atoms with Crippen LogP contribution in [0, 0.1) is 0 Å². The van der Waals surface area contributed by atoms with Gasteiger partial charge in [-0.15, -0.1) is 24.8 Å². The number of rotatable bonds is 4. The highest BCUT2D eigenvalue weighted by Gasteiger charge is 2.15. The summed E-state index contributed by atoms with van der Waals surface area (Å²) in [6.45, 7) is 1.69. The number of carbonyl (C=O) groups excluding carboxylic acids is 1. The van der Waals surface area contributed by atoms with Crippen LogP contribution in [-0.2, 0) is 0 Å². The zero-order valence-corrected chi connectivity index (χ0v) is 15.4. The van der Waals surface area contributed by atoms with Gasteiger partial charge < -0.3 is 10.6 Å². The van der Waals surface area contributed by atoms with Crippen LogP contribution >= 0.6 is 36.4 Å². The Labute approximate surface area is 159 Å². The minimum absolute atomic E-state index is 0. The van der Waals surface area contributed by atoms with E-state index in [0.29, 0.717) is 23.2 Å². The van der Waals surface area contributed by atoms with Crippen molar-refractivity contribution in [3.8, 4) is 11.1 Å². The normalized spacial score (nSPS) is 16.0. The predicted octanol–water partition coefficient (Wildman–Crippen LogP) is 3.73. The summed E-state index contributed by atoms with van der Waals surface area (Å²) in [5.41, 5.74) is 2.47. The van der Waals surface area contributed by atoms with Gasteiger partial charge in [0.25, 0.3) is 5.91 Å². The second-order valence-electron chi connectivity index (χ2n) is 5.47. The molecule has 0 radical (unpaired) electrons. The Hall–Kier alpha value is -1.33. The molecule has 3 rings (SSSR count). The van der Waals surface area contributed by atoms with Gasteiger partial charge in [0.05, 0.1) is 5.56 Å². The summed E-state index contributed by atoms with van der Waals surface area (Å²) in [4.78, 5) is 16.4. The zero-order valence-electron chi connectivity index (χ0n) is 13.0. The topological polar surface area (TPSA) is 54.0 Å². The van der Waals surface area contributed by atoms with Crippen molar-refractivity contribution in [1.82, 2.24) is 15.6 Å². The summed E-state index contributed by atoms with van der Waals surface area (Å²) >= 11 is 5.90. The molecule has 2 aromatic rings. The lowest BCUT2D eigenvalue weighted by molar-refractivity contribution is 0.0950. The monoisotopic (exact) mass is 387 g/mol. The van der Waals surface area contributed by atoms with Crippen LogP contribution in [0.15, 0.2) is 42.7 Å². The van der Waals surface area contributed by atoms with Gasteiger partial charge in [-0.05, 0) is 43.1 Å². The van der Waals surface area contributed by atoms with E-state index in [1.165, 1.54) is 6.42 Å². The lowest BCUT2D eigenvalue weighted by atomic mass is 10.1. The number of carbonyl (C=O) groups is 1. The number of nitrogens with one attached hydrogen (secondary N) is 2. The Kier molecular flexibility index (Phi) is 8.50. The molecule has 1 aliphatic heterocycles. The Morgan fingerprint density at radius 2 is 1.96 bits per heavy atom. The van der Waals surface area contributed by atoms with Crippen molar-refractivity contribution in [3.63, 3.8) is 0 Å². The summed E-state index contributed by atoms with van der Waals surface area (Å²) in [6, 6.07) is 9.74. The van der Waals surface area contributed by atoms with Gasteiger partial charge >= 0.3 is 0 Å². The molecule has 0 spiro atoms. The minimum Gasteiger partial charge on any atom is -0.350 e. The third-order valence-electron chi connectivity index (χ3n) is 3.85. The van der Waals surface area contributed by atoms with Gasteiger partial charge in [-0.2, -0.15) is 0 Å². The predicted molar refractivity (Wildman–Crippen MR) is 103 cm³/mol. The quantitative estimate of drug-likeness (QED) is 0.839. The van der Waals surface area contributed by atoms with Gasteiger partial charge in [-0.3, -0.25) is 9.78 Å². The molecule has 1 aliphatic rings. The van der Waals surface area contributed by atoms with E-state index >= 15 is 0 Å². The molecule has 1 saturated heterocycles. The SMILES string of the molecule is Cl.Cl.O=C(NCC1CCCN1)c1cncc(-c2ccc(Cl)cc2)c1. The van der Waals surface area contributed by atoms with E-state index in [2.05, 4.69) is 15.6 Å². The summed E-state index contributed by atoms with van der Waals surface area (Å²) in [5.74, 6) is -0.0861. The second kappa shape index (κ2) is 9.84. The van der Waals surface area contributed by atoms with E-state index in [9.17, 15) is 4.79 Å². The first kappa shape index (κ1) is 20.7. The highest BCUT2D eigenvalue weighted by Crippen LogP contribution is 2.21. The number of pyridine rings is 1. The first-order chi connectivity index (χ1) is 10.7. The Bertz CT molecular complexity index is 658. The maximum atomic E-state index is 12.2. The van der Waals surface area contributed by atoms with Crippen LogP contribution < -0.4 is 10.6 Å². The number of aromatic nitrogens is 1. The Balaban J connectivity index is 0.00000144.